The highest BCUT2D eigenvalue weighted by molar-refractivity contribution is 5.84. The van der Waals surface area contributed by atoms with Crippen LogP contribution in [-0.2, 0) is 24.0 Å². The summed E-state index contributed by atoms with van der Waals surface area (Å²) >= 11 is 0. The summed E-state index contributed by atoms with van der Waals surface area (Å²) in [5.41, 5.74) is 2.09. The molecule has 0 aliphatic rings. The van der Waals surface area contributed by atoms with Crippen LogP contribution < -0.4 is 0 Å². The van der Waals surface area contributed by atoms with E-state index in [1.165, 1.54) is 0 Å². The third-order valence-electron chi connectivity index (χ3n) is 5.87. The van der Waals surface area contributed by atoms with E-state index in [0.717, 1.165) is 33.0 Å². The van der Waals surface area contributed by atoms with Crippen LogP contribution in [0.2, 0.25) is 0 Å². The molecule has 0 amide bonds. The largest absolute Gasteiger partial charge is 0.385 e. The molecule has 0 saturated heterocycles. The Morgan fingerprint density at radius 3 is 1.27 bits per heavy atom. The van der Waals surface area contributed by atoms with Gasteiger partial charge in [-0.2, -0.15) is 0 Å². The third-order valence-corrected chi connectivity index (χ3v) is 5.87. The van der Waals surface area contributed by atoms with Gasteiger partial charge in [0.05, 0.1) is 11.2 Å². The topological polar surface area (TPSA) is 40.5 Å². The molecule has 0 aromatic heterocycles. The molecule has 30 heavy (non-hydrogen) atoms. The summed E-state index contributed by atoms with van der Waals surface area (Å²) in [5.74, 6) is 0. The fourth-order valence-electron chi connectivity index (χ4n) is 4.11. The van der Waals surface area contributed by atoms with E-state index >= 15 is 0 Å². The second kappa shape index (κ2) is 8.06. The van der Waals surface area contributed by atoms with E-state index < -0.39 is 11.2 Å². The van der Waals surface area contributed by atoms with E-state index in [-0.39, 0.29) is 0 Å². The Balaban J connectivity index is 1.61. The highest BCUT2D eigenvalue weighted by Crippen LogP contribution is 2.32. The van der Waals surface area contributed by atoms with E-state index in [2.05, 4.69) is 0 Å². The first-order valence-corrected chi connectivity index (χ1v) is 10.4. The summed E-state index contributed by atoms with van der Waals surface area (Å²) in [5, 5.41) is 24.3. The summed E-state index contributed by atoms with van der Waals surface area (Å²) in [4.78, 5) is 0. The molecule has 4 aromatic rings. The Hall–Kier alpha value is -2.94. The van der Waals surface area contributed by atoms with Gasteiger partial charge in [0, 0.05) is 12.8 Å². The molecule has 0 aliphatic carbocycles. The Morgan fingerprint density at radius 1 is 0.533 bits per heavy atom. The van der Waals surface area contributed by atoms with Gasteiger partial charge in [-0.1, -0.05) is 84.9 Å². The van der Waals surface area contributed by atoms with Gasteiger partial charge in [0.1, 0.15) is 0 Å². The van der Waals surface area contributed by atoms with Crippen molar-refractivity contribution < 1.29 is 10.2 Å². The van der Waals surface area contributed by atoms with Gasteiger partial charge < -0.3 is 10.2 Å². The zero-order chi connectivity index (χ0) is 21.2. The van der Waals surface area contributed by atoms with E-state index in [1.807, 2.05) is 111 Å². The number of rotatable bonds is 6. The first-order chi connectivity index (χ1) is 14.3. The van der Waals surface area contributed by atoms with Crippen LogP contribution in [0.1, 0.15) is 36.1 Å². The Labute approximate surface area is 178 Å². The van der Waals surface area contributed by atoms with Crippen molar-refractivity contribution in [2.45, 2.75) is 37.9 Å². The highest BCUT2D eigenvalue weighted by Gasteiger charge is 2.26. The maximum atomic E-state index is 11.1. The van der Waals surface area contributed by atoms with Gasteiger partial charge in [-0.25, -0.2) is 0 Å². The zero-order valence-electron chi connectivity index (χ0n) is 17.5. The summed E-state index contributed by atoms with van der Waals surface area (Å²) in [6.07, 6.45) is 1.12. The predicted molar refractivity (Wildman–Crippen MR) is 123 cm³/mol. The molecule has 2 atom stereocenters. The summed E-state index contributed by atoms with van der Waals surface area (Å²) < 4.78 is 0. The van der Waals surface area contributed by atoms with Crippen LogP contribution >= 0.6 is 0 Å². The zero-order valence-corrected chi connectivity index (χ0v) is 17.5. The minimum Gasteiger partial charge on any atom is -0.385 e. The quantitative estimate of drug-likeness (QED) is 0.436. The van der Waals surface area contributed by atoms with Gasteiger partial charge in [-0.15, -0.1) is 0 Å². The monoisotopic (exact) mass is 396 g/mol. The SMILES string of the molecule is CC(O)(Cc1ccccc1)c1ccc2cc(C(C)(O)Cc3ccccc3)ccc2c1. The molecule has 2 nitrogen and oxygen atoms in total. The lowest BCUT2D eigenvalue weighted by Crippen LogP contribution is -2.24. The number of hydrogen-bond acceptors (Lipinski definition) is 2. The maximum absolute atomic E-state index is 11.1. The summed E-state index contributed by atoms with van der Waals surface area (Å²) in [6, 6.07) is 32.2. The van der Waals surface area contributed by atoms with Crippen molar-refractivity contribution >= 4 is 10.8 Å². The summed E-state index contributed by atoms with van der Waals surface area (Å²) in [7, 11) is 0. The standard InChI is InChI=1S/C28H28O2/c1-27(29,19-21-9-5-3-6-10-21)25-15-13-24-18-26(16-14-23(24)17-25)28(2,30)20-22-11-7-4-8-12-22/h3-18,29-30H,19-20H2,1-2H3. The van der Waals surface area contributed by atoms with Crippen molar-refractivity contribution in [2.75, 3.05) is 0 Å². The van der Waals surface area contributed by atoms with Gasteiger partial charge in [-0.05, 0) is 59.0 Å². The molecule has 0 aliphatic heterocycles. The van der Waals surface area contributed by atoms with Crippen molar-refractivity contribution in [3.05, 3.63) is 119 Å². The van der Waals surface area contributed by atoms with E-state index in [1.54, 1.807) is 0 Å². The second-order valence-electron chi connectivity index (χ2n) is 8.65. The first-order valence-electron chi connectivity index (χ1n) is 10.4. The second-order valence-corrected chi connectivity index (χ2v) is 8.65. The molecule has 0 radical (unpaired) electrons. The van der Waals surface area contributed by atoms with E-state index in [9.17, 15) is 10.2 Å². The number of benzene rings is 4. The fourth-order valence-corrected chi connectivity index (χ4v) is 4.11. The molecule has 2 heteroatoms. The molecule has 152 valence electrons. The average Bonchev–Trinajstić information content (AvgIpc) is 2.74. The first kappa shape index (κ1) is 20.3. The van der Waals surface area contributed by atoms with Gasteiger partial charge in [0.2, 0.25) is 0 Å². The van der Waals surface area contributed by atoms with E-state index in [0.29, 0.717) is 12.8 Å². The molecule has 0 fully saturated rings. The molecule has 4 aromatic carbocycles. The Kier molecular flexibility index (Phi) is 5.46. The molecule has 0 saturated carbocycles. The minimum atomic E-state index is -0.951. The molecule has 2 unspecified atom stereocenters. The lowest BCUT2D eigenvalue weighted by molar-refractivity contribution is 0.0570. The van der Waals surface area contributed by atoms with Crippen LogP contribution in [0.15, 0.2) is 97.1 Å². The molecular formula is C28H28O2. The van der Waals surface area contributed by atoms with Crippen LogP contribution in [0.25, 0.3) is 10.8 Å². The van der Waals surface area contributed by atoms with Gasteiger partial charge in [-0.3, -0.25) is 0 Å². The predicted octanol–water partition coefficient (Wildman–Crippen LogP) is 5.74. The van der Waals surface area contributed by atoms with Crippen LogP contribution in [0, 0.1) is 0 Å². The van der Waals surface area contributed by atoms with Gasteiger partial charge >= 0.3 is 0 Å². The molecule has 0 bridgehead atoms. The van der Waals surface area contributed by atoms with Crippen LogP contribution in [0.3, 0.4) is 0 Å². The van der Waals surface area contributed by atoms with Crippen molar-refractivity contribution in [1.82, 2.24) is 0 Å². The van der Waals surface area contributed by atoms with Crippen LogP contribution in [0.5, 0.6) is 0 Å². The lowest BCUT2D eigenvalue weighted by atomic mass is 9.85. The van der Waals surface area contributed by atoms with Crippen molar-refractivity contribution in [2.24, 2.45) is 0 Å². The fraction of sp³-hybridized carbons (Fsp3) is 0.214. The summed E-state index contributed by atoms with van der Waals surface area (Å²) in [6.45, 7) is 3.72. The highest BCUT2D eigenvalue weighted by atomic mass is 16.3. The van der Waals surface area contributed by atoms with Gasteiger partial charge in [0.25, 0.3) is 0 Å². The number of hydrogen-bond donors (Lipinski definition) is 2. The molecule has 0 spiro atoms. The number of fused-ring (bicyclic) bond motifs is 1. The van der Waals surface area contributed by atoms with Crippen molar-refractivity contribution in [3.63, 3.8) is 0 Å². The normalized spacial score (nSPS) is 15.5. The minimum absolute atomic E-state index is 0.559. The maximum Gasteiger partial charge on any atom is 0.0908 e. The molecule has 0 heterocycles. The average molecular weight is 397 g/mol. The van der Waals surface area contributed by atoms with Crippen LogP contribution in [-0.4, -0.2) is 10.2 Å². The molecular weight excluding hydrogens is 368 g/mol. The Bertz CT molecular complexity index is 1040. The van der Waals surface area contributed by atoms with Crippen molar-refractivity contribution in [1.29, 1.82) is 0 Å². The lowest BCUT2D eigenvalue weighted by Gasteiger charge is -2.26. The molecule has 4 rings (SSSR count). The van der Waals surface area contributed by atoms with E-state index in [4.69, 9.17) is 0 Å². The Morgan fingerprint density at radius 2 is 0.900 bits per heavy atom. The number of aliphatic hydroxyl groups is 2. The van der Waals surface area contributed by atoms with Crippen LogP contribution in [0.4, 0.5) is 0 Å². The third kappa shape index (κ3) is 4.46. The molecule has 2 N–H and O–H groups in total. The smallest absolute Gasteiger partial charge is 0.0908 e. The van der Waals surface area contributed by atoms with Crippen molar-refractivity contribution in [3.8, 4) is 0 Å². The van der Waals surface area contributed by atoms with Gasteiger partial charge in [0.15, 0.2) is 0 Å².